The quantitative estimate of drug-likeness (QED) is 0.913. The zero-order valence-corrected chi connectivity index (χ0v) is 13.6. The van der Waals surface area contributed by atoms with Gasteiger partial charge >= 0.3 is 0 Å². The van der Waals surface area contributed by atoms with Crippen molar-refractivity contribution in [2.75, 3.05) is 30.9 Å². The topological polar surface area (TPSA) is 41.6 Å². The van der Waals surface area contributed by atoms with Gasteiger partial charge in [-0.15, -0.1) is 0 Å². The molecule has 4 nitrogen and oxygen atoms in total. The summed E-state index contributed by atoms with van der Waals surface area (Å²) in [5, 5.41) is 3.46. The molecule has 0 heterocycles. The number of hydrogen-bond donors (Lipinski definition) is 1. The fourth-order valence-electron chi connectivity index (χ4n) is 2.05. The Morgan fingerprint density at radius 3 is 2.50 bits per heavy atom. The lowest BCUT2D eigenvalue weighted by atomic mass is 10.1. The number of carbonyl (C=O) groups excluding carboxylic acids is 1. The Hall–Kier alpha value is -2.20. The first-order valence-corrected chi connectivity index (χ1v) is 7.29. The average Bonchev–Trinajstić information content (AvgIpc) is 2.48. The Bertz CT molecular complexity index is 654. The molecule has 1 N–H and O–H groups in total. The maximum atomic E-state index is 11.9. The number of carbonyl (C=O) groups is 1. The van der Waals surface area contributed by atoms with Gasteiger partial charge < -0.3 is 15.0 Å². The van der Waals surface area contributed by atoms with E-state index in [0.717, 1.165) is 16.9 Å². The number of aryl methyl sites for hydroxylation is 1. The van der Waals surface area contributed by atoms with E-state index < -0.39 is 0 Å². The van der Waals surface area contributed by atoms with Crippen molar-refractivity contribution in [1.82, 2.24) is 0 Å². The van der Waals surface area contributed by atoms with Gasteiger partial charge in [0.25, 0.3) is 5.91 Å². The average molecular weight is 319 g/mol. The predicted octanol–water partition coefficient (Wildman–Crippen LogP) is 3.73. The molecule has 0 saturated carbocycles. The van der Waals surface area contributed by atoms with Gasteiger partial charge in [-0.1, -0.05) is 17.7 Å². The Morgan fingerprint density at radius 2 is 1.86 bits per heavy atom. The van der Waals surface area contributed by atoms with Gasteiger partial charge in [0.15, 0.2) is 6.61 Å². The summed E-state index contributed by atoms with van der Waals surface area (Å²) in [5.74, 6) is 0.404. The van der Waals surface area contributed by atoms with Crippen molar-refractivity contribution in [2.45, 2.75) is 6.92 Å². The number of nitrogens with zero attached hydrogens (tertiary/aromatic N) is 1. The minimum absolute atomic E-state index is 0.0488. The number of halogens is 1. The predicted molar refractivity (Wildman–Crippen MR) is 91.1 cm³/mol. The number of rotatable bonds is 5. The van der Waals surface area contributed by atoms with Gasteiger partial charge in [-0.2, -0.15) is 0 Å². The lowest BCUT2D eigenvalue weighted by molar-refractivity contribution is -0.118. The molecule has 0 atom stereocenters. The fraction of sp³-hybridized carbons (Fsp3) is 0.235. The summed E-state index contributed by atoms with van der Waals surface area (Å²) in [6, 6.07) is 12.7. The van der Waals surface area contributed by atoms with Crippen molar-refractivity contribution in [3.05, 3.63) is 53.1 Å². The van der Waals surface area contributed by atoms with E-state index >= 15 is 0 Å². The summed E-state index contributed by atoms with van der Waals surface area (Å²) in [4.78, 5) is 14.0. The molecule has 1 amide bonds. The van der Waals surface area contributed by atoms with Gasteiger partial charge in [0.1, 0.15) is 5.75 Å². The van der Waals surface area contributed by atoms with Gasteiger partial charge in [-0.25, -0.2) is 0 Å². The smallest absolute Gasteiger partial charge is 0.262 e. The molecule has 0 unspecified atom stereocenters. The summed E-state index contributed by atoms with van der Waals surface area (Å²) < 4.78 is 5.42. The van der Waals surface area contributed by atoms with Crippen LogP contribution in [0.5, 0.6) is 5.75 Å². The van der Waals surface area contributed by atoms with E-state index in [1.165, 1.54) is 0 Å². The first-order chi connectivity index (χ1) is 10.5. The van der Waals surface area contributed by atoms with E-state index in [1.54, 1.807) is 24.3 Å². The highest BCUT2D eigenvalue weighted by molar-refractivity contribution is 6.30. The molecule has 0 bridgehead atoms. The number of ether oxygens (including phenoxy) is 1. The standard InChI is InChI=1S/C17H19ClN2O2/c1-12-4-7-14(10-16(12)20(2)3)19-17(21)11-22-15-8-5-13(18)6-9-15/h4-10H,11H2,1-3H3,(H,19,21). The van der Waals surface area contributed by atoms with E-state index in [1.807, 2.05) is 44.1 Å². The van der Waals surface area contributed by atoms with Crippen molar-refractivity contribution in [3.63, 3.8) is 0 Å². The summed E-state index contributed by atoms with van der Waals surface area (Å²) in [6.45, 7) is 1.98. The largest absolute Gasteiger partial charge is 0.484 e. The Balaban J connectivity index is 1.94. The fourth-order valence-corrected chi connectivity index (χ4v) is 2.17. The number of amides is 1. The van der Waals surface area contributed by atoms with Crippen LogP contribution in [0.3, 0.4) is 0 Å². The maximum absolute atomic E-state index is 11.9. The minimum atomic E-state index is -0.205. The molecule has 0 fully saturated rings. The molecule has 22 heavy (non-hydrogen) atoms. The van der Waals surface area contributed by atoms with Crippen molar-refractivity contribution in [2.24, 2.45) is 0 Å². The first-order valence-electron chi connectivity index (χ1n) is 6.92. The normalized spacial score (nSPS) is 10.2. The second-order valence-electron chi connectivity index (χ2n) is 5.19. The third kappa shape index (κ3) is 4.40. The van der Waals surface area contributed by atoms with Crippen molar-refractivity contribution in [3.8, 4) is 5.75 Å². The van der Waals surface area contributed by atoms with E-state index in [9.17, 15) is 4.79 Å². The molecule has 0 aliphatic heterocycles. The molecule has 2 aromatic carbocycles. The molecule has 0 aromatic heterocycles. The molecule has 2 aromatic rings. The van der Waals surface area contributed by atoms with Crippen LogP contribution in [0.25, 0.3) is 0 Å². The third-order valence-electron chi connectivity index (χ3n) is 3.16. The molecule has 116 valence electrons. The van der Waals surface area contributed by atoms with E-state index in [4.69, 9.17) is 16.3 Å². The molecular weight excluding hydrogens is 300 g/mol. The van der Waals surface area contributed by atoms with Gasteiger partial charge in [0.2, 0.25) is 0 Å². The highest BCUT2D eigenvalue weighted by Gasteiger charge is 2.07. The lowest BCUT2D eigenvalue weighted by Gasteiger charge is -2.17. The van der Waals surface area contributed by atoms with Crippen LogP contribution in [0.15, 0.2) is 42.5 Å². The number of hydrogen-bond acceptors (Lipinski definition) is 3. The van der Waals surface area contributed by atoms with E-state index in [2.05, 4.69) is 5.32 Å². The summed E-state index contributed by atoms with van der Waals surface area (Å²) >= 11 is 5.80. The van der Waals surface area contributed by atoms with Crippen molar-refractivity contribution < 1.29 is 9.53 Å². The van der Waals surface area contributed by atoms with Crippen LogP contribution >= 0.6 is 11.6 Å². The number of benzene rings is 2. The summed E-state index contributed by atoms with van der Waals surface area (Å²) in [7, 11) is 3.94. The van der Waals surface area contributed by atoms with Gasteiger partial charge in [-0.3, -0.25) is 4.79 Å². The second-order valence-corrected chi connectivity index (χ2v) is 5.62. The van der Waals surface area contributed by atoms with Crippen molar-refractivity contribution in [1.29, 1.82) is 0 Å². The third-order valence-corrected chi connectivity index (χ3v) is 3.41. The Kier molecular flexibility index (Phi) is 5.28. The summed E-state index contributed by atoms with van der Waals surface area (Å²) in [5.41, 5.74) is 2.97. The van der Waals surface area contributed by atoms with Crippen LogP contribution in [-0.2, 0) is 4.79 Å². The van der Waals surface area contributed by atoms with Crippen molar-refractivity contribution >= 4 is 28.9 Å². The zero-order chi connectivity index (χ0) is 16.1. The molecule has 5 heteroatoms. The van der Waals surface area contributed by atoms with Crippen LogP contribution < -0.4 is 15.0 Å². The SMILES string of the molecule is Cc1ccc(NC(=O)COc2ccc(Cl)cc2)cc1N(C)C. The zero-order valence-electron chi connectivity index (χ0n) is 12.9. The van der Waals surface area contributed by atoms with Crippen LogP contribution in [0.2, 0.25) is 5.02 Å². The highest BCUT2D eigenvalue weighted by Crippen LogP contribution is 2.22. The van der Waals surface area contributed by atoms with Crippen LogP contribution in [0, 0.1) is 6.92 Å². The van der Waals surface area contributed by atoms with E-state index in [-0.39, 0.29) is 12.5 Å². The molecule has 0 aliphatic carbocycles. The summed E-state index contributed by atoms with van der Waals surface area (Å²) in [6.07, 6.45) is 0. The van der Waals surface area contributed by atoms with Gasteiger partial charge in [0, 0.05) is 30.5 Å². The van der Waals surface area contributed by atoms with Gasteiger partial charge in [-0.05, 0) is 48.9 Å². The maximum Gasteiger partial charge on any atom is 0.262 e. The monoisotopic (exact) mass is 318 g/mol. The molecular formula is C17H19ClN2O2. The molecule has 0 aliphatic rings. The van der Waals surface area contributed by atoms with Gasteiger partial charge in [0.05, 0.1) is 0 Å². The molecule has 0 saturated heterocycles. The Morgan fingerprint density at radius 1 is 1.18 bits per heavy atom. The second kappa shape index (κ2) is 7.18. The van der Waals surface area contributed by atoms with Crippen LogP contribution in [-0.4, -0.2) is 26.6 Å². The molecule has 0 spiro atoms. The highest BCUT2D eigenvalue weighted by atomic mass is 35.5. The van der Waals surface area contributed by atoms with E-state index in [0.29, 0.717) is 10.8 Å². The van der Waals surface area contributed by atoms with Crippen LogP contribution in [0.4, 0.5) is 11.4 Å². The molecule has 0 radical (unpaired) electrons. The number of nitrogens with one attached hydrogen (secondary N) is 1. The molecule has 2 rings (SSSR count). The number of anilines is 2. The minimum Gasteiger partial charge on any atom is -0.484 e. The Labute approximate surface area is 135 Å². The van der Waals surface area contributed by atoms with Crippen LogP contribution in [0.1, 0.15) is 5.56 Å². The lowest BCUT2D eigenvalue weighted by Crippen LogP contribution is -2.20. The first kappa shape index (κ1) is 16.2.